The molecule has 0 spiro atoms. The number of carbonyl (C=O) groups is 1. The lowest BCUT2D eigenvalue weighted by atomic mass is 10.1. The fourth-order valence-electron chi connectivity index (χ4n) is 2.18. The van der Waals surface area contributed by atoms with Crippen LogP contribution >= 0.6 is 15.9 Å². The molecule has 0 aliphatic carbocycles. The van der Waals surface area contributed by atoms with E-state index in [-0.39, 0.29) is 11.3 Å². The molecule has 1 saturated heterocycles. The number of esters is 1. The number of hydrogen-bond donors (Lipinski definition) is 0. The Hall–Kier alpha value is -1.63. The second-order valence-corrected chi connectivity index (χ2v) is 5.12. The van der Waals surface area contributed by atoms with E-state index >= 15 is 0 Å². The van der Waals surface area contributed by atoms with Crippen molar-refractivity contribution >= 4 is 33.3 Å². The molecule has 0 atom stereocenters. The van der Waals surface area contributed by atoms with Crippen molar-refractivity contribution in [1.29, 1.82) is 0 Å². The van der Waals surface area contributed by atoms with E-state index in [1.165, 1.54) is 19.2 Å². The van der Waals surface area contributed by atoms with Crippen molar-refractivity contribution in [3.63, 3.8) is 0 Å². The first kappa shape index (κ1) is 13.8. The second-order valence-electron chi connectivity index (χ2n) is 4.26. The average Bonchev–Trinajstić information content (AvgIpc) is 2.91. The minimum Gasteiger partial charge on any atom is -0.465 e. The standard InChI is InChI=1S/C12H13BrN2O4/c1-19-12(16)8-6-11(14-4-2-3-5-14)9(13)7-10(8)15(17)18/h6-7H,2-5H2,1H3. The molecule has 0 saturated carbocycles. The first-order chi connectivity index (χ1) is 9.04. The van der Waals surface area contributed by atoms with E-state index in [0.29, 0.717) is 4.47 Å². The van der Waals surface area contributed by atoms with Gasteiger partial charge in [0.2, 0.25) is 0 Å². The molecule has 0 bridgehead atoms. The largest absolute Gasteiger partial charge is 0.465 e. The minimum atomic E-state index is -0.695. The highest BCUT2D eigenvalue weighted by Gasteiger charge is 2.26. The van der Waals surface area contributed by atoms with Crippen LogP contribution in [0.5, 0.6) is 0 Å². The molecule has 6 nitrogen and oxygen atoms in total. The monoisotopic (exact) mass is 328 g/mol. The molecule has 0 amide bonds. The Balaban J connectivity index is 2.52. The van der Waals surface area contributed by atoms with E-state index in [2.05, 4.69) is 25.6 Å². The van der Waals surface area contributed by atoms with Gasteiger partial charge in [0.05, 0.1) is 17.7 Å². The van der Waals surface area contributed by atoms with Gasteiger partial charge < -0.3 is 9.64 Å². The van der Waals surface area contributed by atoms with E-state index in [1.54, 1.807) is 0 Å². The lowest BCUT2D eigenvalue weighted by Gasteiger charge is -2.19. The molecule has 2 rings (SSSR count). The number of rotatable bonds is 3. The van der Waals surface area contributed by atoms with Gasteiger partial charge in [-0.2, -0.15) is 0 Å². The lowest BCUT2D eigenvalue weighted by molar-refractivity contribution is -0.385. The molecule has 19 heavy (non-hydrogen) atoms. The predicted molar refractivity (Wildman–Crippen MR) is 73.6 cm³/mol. The molecule has 7 heteroatoms. The average molecular weight is 329 g/mol. The zero-order valence-corrected chi connectivity index (χ0v) is 12.0. The maximum Gasteiger partial charge on any atom is 0.344 e. The van der Waals surface area contributed by atoms with Gasteiger partial charge in [0, 0.05) is 23.6 Å². The molecule has 1 heterocycles. The number of methoxy groups -OCH3 is 1. The highest BCUT2D eigenvalue weighted by molar-refractivity contribution is 9.10. The van der Waals surface area contributed by atoms with E-state index in [9.17, 15) is 14.9 Å². The molecule has 1 aromatic carbocycles. The van der Waals surface area contributed by atoms with Crippen LogP contribution in [0.3, 0.4) is 0 Å². The van der Waals surface area contributed by atoms with Crippen LogP contribution in [0.15, 0.2) is 16.6 Å². The number of nitro groups is 1. The number of nitro benzene ring substituents is 1. The molecular weight excluding hydrogens is 316 g/mol. The van der Waals surface area contributed by atoms with Crippen LogP contribution < -0.4 is 4.90 Å². The van der Waals surface area contributed by atoms with E-state index in [0.717, 1.165) is 31.6 Å². The van der Waals surface area contributed by atoms with Gasteiger partial charge in [-0.15, -0.1) is 0 Å². The minimum absolute atomic E-state index is 0.0161. The molecule has 0 aromatic heterocycles. The quantitative estimate of drug-likeness (QED) is 0.484. The Kier molecular flexibility index (Phi) is 4.04. The van der Waals surface area contributed by atoms with Gasteiger partial charge >= 0.3 is 5.97 Å². The Morgan fingerprint density at radius 1 is 1.42 bits per heavy atom. The third-order valence-corrected chi connectivity index (χ3v) is 3.75. The molecule has 1 fully saturated rings. The van der Waals surface area contributed by atoms with Crippen LogP contribution in [0.4, 0.5) is 11.4 Å². The molecule has 0 N–H and O–H groups in total. The molecular formula is C12H13BrN2O4. The first-order valence-electron chi connectivity index (χ1n) is 5.85. The zero-order chi connectivity index (χ0) is 14.0. The number of halogens is 1. The summed E-state index contributed by atoms with van der Waals surface area (Å²) in [7, 11) is 1.21. The summed E-state index contributed by atoms with van der Waals surface area (Å²) < 4.78 is 5.23. The van der Waals surface area contributed by atoms with Crippen LogP contribution in [0.2, 0.25) is 0 Å². The molecule has 1 aromatic rings. The Bertz CT molecular complexity index is 527. The number of anilines is 1. The van der Waals surface area contributed by atoms with Crippen molar-refractivity contribution in [2.75, 3.05) is 25.1 Å². The summed E-state index contributed by atoms with van der Waals surface area (Å²) in [6.07, 6.45) is 2.16. The van der Waals surface area contributed by atoms with Crippen molar-refractivity contribution in [3.8, 4) is 0 Å². The van der Waals surface area contributed by atoms with Gasteiger partial charge in [0.15, 0.2) is 0 Å². The third-order valence-electron chi connectivity index (χ3n) is 3.11. The summed E-state index contributed by atoms with van der Waals surface area (Å²) in [5.74, 6) is -0.695. The third kappa shape index (κ3) is 2.70. The summed E-state index contributed by atoms with van der Waals surface area (Å²) >= 11 is 3.33. The molecule has 0 radical (unpaired) electrons. The van der Waals surface area contributed by atoms with Crippen molar-refractivity contribution in [1.82, 2.24) is 0 Å². The number of nitrogens with zero attached hydrogens (tertiary/aromatic N) is 2. The molecule has 0 unspecified atom stereocenters. The molecule has 1 aliphatic rings. The number of ether oxygens (including phenoxy) is 1. The van der Waals surface area contributed by atoms with Gasteiger partial charge in [-0.05, 0) is 34.8 Å². The van der Waals surface area contributed by atoms with Crippen LogP contribution in [-0.4, -0.2) is 31.1 Å². The van der Waals surface area contributed by atoms with Crippen molar-refractivity contribution in [2.24, 2.45) is 0 Å². The number of hydrogen-bond acceptors (Lipinski definition) is 5. The smallest absolute Gasteiger partial charge is 0.344 e. The van der Waals surface area contributed by atoms with Crippen molar-refractivity contribution in [3.05, 3.63) is 32.3 Å². The van der Waals surface area contributed by atoms with E-state index in [1.807, 2.05) is 0 Å². The van der Waals surface area contributed by atoms with Crippen molar-refractivity contribution < 1.29 is 14.5 Å². The number of benzene rings is 1. The number of carbonyl (C=O) groups excluding carboxylic acids is 1. The van der Waals surface area contributed by atoms with Gasteiger partial charge in [-0.1, -0.05) is 0 Å². The fourth-order valence-corrected chi connectivity index (χ4v) is 2.76. The summed E-state index contributed by atoms with van der Waals surface area (Å²) in [6, 6.07) is 2.89. The molecule has 102 valence electrons. The summed E-state index contributed by atoms with van der Waals surface area (Å²) in [4.78, 5) is 24.2. The fraction of sp³-hybridized carbons (Fsp3) is 0.417. The lowest BCUT2D eigenvalue weighted by Crippen LogP contribution is -2.19. The Morgan fingerprint density at radius 3 is 2.58 bits per heavy atom. The maximum absolute atomic E-state index is 11.7. The Morgan fingerprint density at radius 2 is 2.05 bits per heavy atom. The van der Waals surface area contributed by atoms with Crippen LogP contribution in [-0.2, 0) is 4.74 Å². The topological polar surface area (TPSA) is 72.7 Å². The molecule has 1 aliphatic heterocycles. The zero-order valence-electron chi connectivity index (χ0n) is 10.4. The van der Waals surface area contributed by atoms with Crippen LogP contribution in [0.25, 0.3) is 0 Å². The van der Waals surface area contributed by atoms with E-state index in [4.69, 9.17) is 0 Å². The van der Waals surface area contributed by atoms with Gasteiger partial charge in [-0.3, -0.25) is 10.1 Å². The SMILES string of the molecule is COC(=O)c1cc(N2CCCC2)c(Br)cc1[N+](=O)[O-]. The van der Waals surface area contributed by atoms with Gasteiger partial charge in [0.25, 0.3) is 5.69 Å². The highest BCUT2D eigenvalue weighted by atomic mass is 79.9. The summed E-state index contributed by atoms with van der Waals surface area (Å²) in [5.41, 5.74) is 0.530. The van der Waals surface area contributed by atoms with Crippen LogP contribution in [0.1, 0.15) is 23.2 Å². The van der Waals surface area contributed by atoms with Crippen molar-refractivity contribution in [2.45, 2.75) is 12.8 Å². The second kappa shape index (κ2) is 5.56. The normalized spacial score (nSPS) is 14.5. The van der Waals surface area contributed by atoms with E-state index < -0.39 is 10.9 Å². The first-order valence-corrected chi connectivity index (χ1v) is 6.65. The van der Waals surface area contributed by atoms with Gasteiger partial charge in [0.1, 0.15) is 5.56 Å². The summed E-state index contributed by atoms with van der Waals surface area (Å²) in [6.45, 7) is 1.77. The van der Waals surface area contributed by atoms with Gasteiger partial charge in [-0.25, -0.2) is 4.79 Å². The summed E-state index contributed by atoms with van der Waals surface area (Å²) in [5, 5.41) is 11.0. The predicted octanol–water partition coefficient (Wildman–Crippen LogP) is 2.74. The highest BCUT2D eigenvalue weighted by Crippen LogP contribution is 2.35. The Labute approximate surface area is 118 Å². The maximum atomic E-state index is 11.7. The van der Waals surface area contributed by atoms with Crippen LogP contribution in [0, 0.1) is 10.1 Å².